The Morgan fingerprint density at radius 1 is 1.67 bits per heavy atom. The lowest BCUT2D eigenvalue weighted by Gasteiger charge is -2.06. The molecule has 1 N–H and O–H groups in total. The van der Waals surface area contributed by atoms with Crippen molar-refractivity contribution in [2.75, 3.05) is 0 Å². The molecular weight excluding hydrogens is 90.1 g/mol. The van der Waals surface area contributed by atoms with E-state index in [1.54, 1.807) is 0 Å². The van der Waals surface area contributed by atoms with Gasteiger partial charge in [-0.05, 0) is 12.5 Å². The van der Waals surface area contributed by atoms with Crippen molar-refractivity contribution in [1.82, 2.24) is 4.98 Å². The van der Waals surface area contributed by atoms with Gasteiger partial charge in [-0.15, -0.1) is 0 Å². The van der Waals surface area contributed by atoms with Gasteiger partial charge in [-0.3, -0.25) is 0 Å². The molecule has 33 valence electrons. The van der Waals surface area contributed by atoms with Crippen LogP contribution in [0.5, 0.6) is 0 Å². The van der Waals surface area contributed by atoms with Crippen molar-refractivity contribution >= 4 is 9.68 Å². The van der Waals surface area contributed by atoms with E-state index in [0.29, 0.717) is 0 Å². The maximum Gasteiger partial charge on any atom is 0.139 e. The summed E-state index contributed by atoms with van der Waals surface area (Å²) in [6, 6.07) is 1.39. The number of hydrogen-bond donors (Lipinski definition) is 1. The normalized spacial score (nSPS) is 24.0. The molecule has 1 rings (SSSR count). The predicted octanol–water partition coefficient (Wildman–Crippen LogP) is 0.569. The van der Waals surface area contributed by atoms with E-state index in [9.17, 15) is 0 Å². The van der Waals surface area contributed by atoms with Gasteiger partial charge < -0.3 is 4.98 Å². The van der Waals surface area contributed by atoms with Gasteiger partial charge in [-0.1, -0.05) is 6.42 Å². The molecule has 0 aromatic carbocycles. The van der Waals surface area contributed by atoms with Gasteiger partial charge in [0, 0.05) is 6.54 Å². The number of hydrogen-bond acceptors (Lipinski definition) is 1. The van der Waals surface area contributed by atoms with Crippen LogP contribution in [-0.4, -0.2) is 9.68 Å². The van der Waals surface area contributed by atoms with Gasteiger partial charge in [0.05, 0.1) is 0 Å². The lowest BCUT2D eigenvalue weighted by Crippen LogP contribution is -2.19. The Bertz CT molecular complexity index is 23.0. The third-order valence-corrected chi connectivity index (χ3v) is 1.87. The van der Waals surface area contributed by atoms with Crippen LogP contribution in [0.3, 0.4) is 0 Å². The zero-order chi connectivity index (χ0) is 4.24. The van der Waals surface area contributed by atoms with Crippen LogP contribution in [0.2, 0.25) is 6.04 Å². The second-order valence-electron chi connectivity index (χ2n) is 1.42. The van der Waals surface area contributed by atoms with E-state index in [1.807, 2.05) is 0 Å². The van der Waals surface area contributed by atoms with Crippen molar-refractivity contribution in [1.29, 1.82) is 0 Å². The van der Waals surface area contributed by atoms with Crippen molar-refractivity contribution in [2.24, 2.45) is 0 Å². The molecule has 1 nitrogen and oxygen atoms in total. The zero-order valence-electron chi connectivity index (χ0n) is 3.70. The van der Waals surface area contributed by atoms with Crippen LogP contribution in [0.15, 0.2) is 0 Å². The van der Waals surface area contributed by atoms with Crippen molar-refractivity contribution in [2.45, 2.75) is 18.9 Å². The molecule has 0 aromatic rings. The fourth-order valence-corrected chi connectivity index (χ4v) is 1.32. The summed E-state index contributed by atoms with van der Waals surface area (Å²) in [6.45, 7) is 2.15. The highest BCUT2D eigenvalue weighted by Gasteiger charge is 1.96. The summed E-state index contributed by atoms with van der Waals surface area (Å²) in [5.41, 5.74) is 0. The SMILES string of the molecule is [CH]1CCC[Si]N1. The first-order valence-corrected chi connectivity index (χ1v) is 3.51. The molecule has 1 heterocycles. The van der Waals surface area contributed by atoms with Crippen LogP contribution < -0.4 is 4.98 Å². The van der Waals surface area contributed by atoms with Crippen LogP contribution in [0, 0.1) is 6.54 Å². The summed E-state index contributed by atoms with van der Waals surface area (Å²) in [4.78, 5) is 3.19. The largest absolute Gasteiger partial charge is 0.335 e. The van der Waals surface area contributed by atoms with Crippen molar-refractivity contribution in [3.63, 3.8) is 0 Å². The highest BCUT2D eigenvalue weighted by Crippen LogP contribution is 1.99. The molecule has 0 spiro atoms. The minimum Gasteiger partial charge on any atom is -0.335 e. The van der Waals surface area contributed by atoms with Gasteiger partial charge in [-0.25, -0.2) is 0 Å². The molecule has 0 amide bonds. The van der Waals surface area contributed by atoms with E-state index in [2.05, 4.69) is 11.5 Å². The van der Waals surface area contributed by atoms with E-state index in [-0.39, 0.29) is 0 Å². The summed E-state index contributed by atoms with van der Waals surface area (Å²) in [5.74, 6) is 0. The standard InChI is InChI=1S/C4H8NSi/c1-2-4-6-5-3-1/h3,5H,1-2,4H2. The van der Waals surface area contributed by atoms with Crippen LogP contribution >= 0.6 is 0 Å². The minimum atomic E-state index is 0.996. The van der Waals surface area contributed by atoms with Gasteiger partial charge >= 0.3 is 0 Å². The van der Waals surface area contributed by atoms with Gasteiger partial charge in [0.15, 0.2) is 0 Å². The third kappa shape index (κ3) is 1.10. The fraction of sp³-hybridized carbons (Fsp3) is 0.750. The van der Waals surface area contributed by atoms with Crippen LogP contribution in [0.1, 0.15) is 12.8 Å². The Morgan fingerprint density at radius 2 is 2.67 bits per heavy atom. The monoisotopic (exact) mass is 98.0 g/mol. The van der Waals surface area contributed by atoms with Crippen molar-refractivity contribution in [3.8, 4) is 0 Å². The summed E-state index contributed by atoms with van der Waals surface area (Å²) in [5, 5.41) is 0. The molecule has 1 aliphatic rings. The molecule has 0 unspecified atom stereocenters. The molecule has 6 heavy (non-hydrogen) atoms. The van der Waals surface area contributed by atoms with Gasteiger partial charge in [0.2, 0.25) is 0 Å². The number of rotatable bonds is 0. The average molecular weight is 98.2 g/mol. The first-order valence-electron chi connectivity index (χ1n) is 2.30. The van der Waals surface area contributed by atoms with E-state index < -0.39 is 0 Å². The van der Waals surface area contributed by atoms with E-state index in [4.69, 9.17) is 0 Å². The van der Waals surface area contributed by atoms with Crippen LogP contribution in [0.4, 0.5) is 0 Å². The van der Waals surface area contributed by atoms with Crippen LogP contribution in [0.25, 0.3) is 0 Å². The Morgan fingerprint density at radius 3 is 2.83 bits per heavy atom. The van der Waals surface area contributed by atoms with E-state index in [0.717, 1.165) is 9.68 Å². The Kier molecular flexibility index (Phi) is 1.71. The van der Waals surface area contributed by atoms with E-state index in [1.165, 1.54) is 18.9 Å². The quantitative estimate of drug-likeness (QED) is 0.437. The van der Waals surface area contributed by atoms with Gasteiger partial charge in [-0.2, -0.15) is 0 Å². The molecule has 1 saturated heterocycles. The fourth-order valence-electron chi connectivity index (χ4n) is 0.509. The average Bonchev–Trinajstić information content (AvgIpc) is 1.72. The van der Waals surface area contributed by atoms with Gasteiger partial charge in [0.1, 0.15) is 9.68 Å². The second-order valence-corrected chi connectivity index (χ2v) is 2.56. The summed E-state index contributed by atoms with van der Waals surface area (Å²) in [7, 11) is 0.996. The van der Waals surface area contributed by atoms with Crippen LogP contribution in [-0.2, 0) is 0 Å². The minimum absolute atomic E-state index is 0.996. The first kappa shape index (κ1) is 4.34. The molecule has 1 fully saturated rings. The van der Waals surface area contributed by atoms with E-state index >= 15 is 0 Å². The molecule has 3 radical (unpaired) electrons. The molecule has 0 aliphatic carbocycles. The highest BCUT2D eigenvalue weighted by atomic mass is 28.2. The Hall–Kier alpha value is 0.177. The molecule has 0 bridgehead atoms. The molecule has 0 aromatic heterocycles. The second kappa shape index (κ2) is 2.37. The maximum absolute atomic E-state index is 3.19. The van der Waals surface area contributed by atoms with Crippen molar-refractivity contribution < 1.29 is 0 Å². The van der Waals surface area contributed by atoms with Crippen molar-refractivity contribution in [3.05, 3.63) is 6.54 Å². The molecule has 0 saturated carbocycles. The summed E-state index contributed by atoms with van der Waals surface area (Å²) >= 11 is 0. The molecule has 1 aliphatic heterocycles. The topological polar surface area (TPSA) is 12.0 Å². The third-order valence-electron chi connectivity index (χ3n) is 0.854. The molecule has 2 heteroatoms. The Labute approximate surface area is 41.0 Å². The number of nitrogens with one attached hydrogen (secondary N) is 1. The summed E-state index contributed by atoms with van der Waals surface area (Å²) in [6.07, 6.45) is 2.67. The summed E-state index contributed by atoms with van der Waals surface area (Å²) < 4.78 is 0. The maximum atomic E-state index is 3.19. The van der Waals surface area contributed by atoms with Gasteiger partial charge in [0.25, 0.3) is 0 Å². The highest BCUT2D eigenvalue weighted by molar-refractivity contribution is 6.32. The smallest absolute Gasteiger partial charge is 0.139 e. The first-order chi connectivity index (χ1) is 3.00. The Balaban J connectivity index is 2.00. The lowest BCUT2D eigenvalue weighted by atomic mass is 10.3. The predicted molar refractivity (Wildman–Crippen MR) is 27.2 cm³/mol. The zero-order valence-corrected chi connectivity index (χ0v) is 4.70. The lowest BCUT2D eigenvalue weighted by molar-refractivity contribution is 0.808. The molecule has 0 atom stereocenters. The molecular formula is C4H8NSi.